The summed E-state index contributed by atoms with van der Waals surface area (Å²) < 4.78 is 28.1. The fourth-order valence-corrected chi connectivity index (χ4v) is 4.49. The minimum atomic E-state index is -0.294. The molecular weight excluding hydrogens is 499 g/mol. The van der Waals surface area contributed by atoms with E-state index >= 15 is 0 Å². The number of hydrogen-bond donors (Lipinski definition) is 0. The standard InChI is InChI=1S/C35H27FN2O2/c36-30-17-19-31(20-18-30)38-33(23-32(37-38)28-14-8-3-9-15-28)29-16-21-34(39-24-26-10-4-1-5-11-26)35(22-29)40-25-27-12-6-2-7-13-27/h1-23H,24-25H2. The van der Waals surface area contributed by atoms with Crippen molar-refractivity contribution in [2.75, 3.05) is 0 Å². The van der Waals surface area contributed by atoms with Crippen molar-refractivity contribution in [1.82, 2.24) is 9.78 Å². The quantitative estimate of drug-likeness (QED) is 0.189. The zero-order chi connectivity index (χ0) is 27.1. The van der Waals surface area contributed by atoms with Gasteiger partial charge in [0.1, 0.15) is 19.0 Å². The summed E-state index contributed by atoms with van der Waals surface area (Å²) >= 11 is 0. The number of halogens is 1. The molecule has 0 fully saturated rings. The normalized spacial score (nSPS) is 10.8. The molecule has 0 saturated carbocycles. The second-order valence-corrected chi connectivity index (χ2v) is 9.38. The molecule has 6 aromatic rings. The van der Waals surface area contributed by atoms with Gasteiger partial charge in [-0.25, -0.2) is 9.07 Å². The smallest absolute Gasteiger partial charge is 0.162 e. The third-order valence-electron chi connectivity index (χ3n) is 6.56. The van der Waals surface area contributed by atoms with E-state index in [0.29, 0.717) is 24.7 Å². The maximum atomic E-state index is 13.8. The molecule has 0 aliphatic rings. The zero-order valence-electron chi connectivity index (χ0n) is 21.8. The van der Waals surface area contributed by atoms with Crippen molar-refractivity contribution in [3.8, 4) is 39.7 Å². The first-order chi connectivity index (χ1) is 19.7. The number of benzene rings is 5. The van der Waals surface area contributed by atoms with Crippen LogP contribution < -0.4 is 9.47 Å². The van der Waals surface area contributed by atoms with E-state index in [4.69, 9.17) is 14.6 Å². The molecule has 0 aliphatic heterocycles. The lowest BCUT2D eigenvalue weighted by Gasteiger charge is -2.15. The van der Waals surface area contributed by atoms with Crippen molar-refractivity contribution >= 4 is 0 Å². The van der Waals surface area contributed by atoms with Crippen LogP contribution in [0.15, 0.2) is 140 Å². The Hall–Kier alpha value is -5.16. The third-order valence-corrected chi connectivity index (χ3v) is 6.56. The molecule has 0 bridgehead atoms. The molecule has 5 aromatic carbocycles. The van der Waals surface area contributed by atoms with Gasteiger partial charge in [0.15, 0.2) is 11.5 Å². The van der Waals surface area contributed by atoms with Crippen LogP contribution in [-0.4, -0.2) is 9.78 Å². The van der Waals surface area contributed by atoms with Gasteiger partial charge in [-0.05, 0) is 59.7 Å². The molecule has 0 unspecified atom stereocenters. The molecule has 196 valence electrons. The van der Waals surface area contributed by atoms with Crippen molar-refractivity contribution < 1.29 is 13.9 Å². The highest BCUT2D eigenvalue weighted by Gasteiger charge is 2.16. The number of rotatable bonds is 9. The molecule has 0 amide bonds. The summed E-state index contributed by atoms with van der Waals surface area (Å²) in [6.07, 6.45) is 0. The first kappa shape index (κ1) is 25.1. The highest BCUT2D eigenvalue weighted by atomic mass is 19.1. The first-order valence-corrected chi connectivity index (χ1v) is 13.1. The lowest BCUT2D eigenvalue weighted by Crippen LogP contribution is -2.02. The molecule has 1 aromatic heterocycles. The monoisotopic (exact) mass is 526 g/mol. The average Bonchev–Trinajstić information content (AvgIpc) is 3.47. The molecule has 5 heteroatoms. The minimum Gasteiger partial charge on any atom is -0.485 e. The Morgan fingerprint density at radius 2 is 1.12 bits per heavy atom. The Bertz CT molecular complexity index is 1680. The van der Waals surface area contributed by atoms with Gasteiger partial charge in [0.25, 0.3) is 0 Å². The summed E-state index contributed by atoms with van der Waals surface area (Å²) in [5.74, 6) is 0.988. The number of ether oxygens (including phenoxy) is 2. The molecule has 0 radical (unpaired) electrons. The summed E-state index contributed by atoms with van der Waals surface area (Å²) in [7, 11) is 0. The SMILES string of the molecule is Fc1ccc(-n2nc(-c3ccccc3)cc2-c2ccc(OCc3ccccc3)c(OCc3ccccc3)c2)cc1. The first-order valence-electron chi connectivity index (χ1n) is 13.1. The molecular formula is C35H27FN2O2. The summed E-state index contributed by atoms with van der Waals surface area (Å²) in [6, 6.07) is 44.4. The summed E-state index contributed by atoms with van der Waals surface area (Å²) in [5, 5.41) is 4.90. The van der Waals surface area contributed by atoms with E-state index in [-0.39, 0.29) is 5.82 Å². The third kappa shape index (κ3) is 5.79. The van der Waals surface area contributed by atoms with Crippen molar-refractivity contribution in [3.05, 3.63) is 156 Å². The van der Waals surface area contributed by atoms with Gasteiger partial charge in [-0.15, -0.1) is 0 Å². The molecule has 6 rings (SSSR count). The van der Waals surface area contributed by atoms with Crippen LogP contribution in [0.1, 0.15) is 11.1 Å². The Kier molecular flexibility index (Phi) is 7.36. The molecule has 0 N–H and O–H groups in total. The minimum absolute atomic E-state index is 0.294. The van der Waals surface area contributed by atoms with Crippen LogP contribution in [-0.2, 0) is 13.2 Å². The molecule has 0 saturated heterocycles. The molecule has 1 heterocycles. The van der Waals surface area contributed by atoms with Crippen LogP contribution in [0.2, 0.25) is 0 Å². The fourth-order valence-electron chi connectivity index (χ4n) is 4.49. The Morgan fingerprint density at radius 1 is 0.550 bits per heavy atom. The second kappa shape index (κ2) is 11.7. The van der Waals surface area contributed by atoms with E-state index in [1.54, 1.807) is 12.1 Å². The zero-order valence-corrected chi connectivity index (χ0v) is 21.8. The van der Waals surface area contributed by atoms with Crippen molar-refractivity contribution in [2.45, 2.75) is 13.2 Å². The summed E-state index contributed by atoms with van der Waals surface area (Å²) in [4.78, 5) is 0. The highest BCUT2D eigenvalue weighted by Crippen LogP contribution is 2.36. The van der Waals surface area contributed by atoms with E-state index < -0.39 is 0 Å². The predicted molar refractivity (Wildman–Crippen MR) is 156 cm³/mol. The number of hydrogen-bond acceptors (Lipinski definition) is 3. The molecule has 40 heavy (non-hydrogen) atoms. The largest absolute Gasteiger partial charge is 0.485 e. The van der Waals surface area contributed by atoms with E-state index in [9.17, 15) is 4.39 Å². The molecule has 0 atom stereocenters. The van der Waals surface area contributed by atoms with E-state index in [2.05, 4.69) is 0 Å². The topological polar surface area (TPSA) is 36.3 Å². The Labute approximate surface area is 232 Å². The van der Waals surface area contributed by atoms with Gasteiger partial charge in [0.05, 0.1) is 17.1 Å². The Balaban J connectivity index is 1.40. The van der Waals surface area contributed by atoms with Crippen LogP contribution >= 0.6 is 0 Å². The molecule has 0 aliphatic carbocycles. The number of aromatic nitrogens is 2. The van der Waals surface area contributed by atoms with Gasteiger partial charge in [-0.1, -0.05) is 91.0 Å². The lowest BCUT2D eigenvalue weighted by molar-refractivity contribution is 0.256. The summed E-state index contributed by atoms with van der Waals surface area (Å²) in [6.45, 7) is 0.825. The van der Waals surface area contributed by atoms with Gasteiger partial charge in [0, 0.05) is 11.1 Å². The van der Waals surface area contributed by atoms with Gasteiger partial charge in [-0.2, -0.15) is 5.10 Å². The summed E-state index contributed by atoms with van der Waals surface area (Å²) in [5.41, 5.74) is 6.45. The average molecular weight is 527 g/mol. The van der Waals surface area contributed by atoms with Gasteiger partial charge >= 0.3 is 0 Å². The van der Waals surface area contributed by atoms with Crippen LogP contribution in [0.25, 0.3) is 28.2 Å². The van der Waals surface area contributed by atoms with Crippen molar-refractivity contribution in [1.29, 1.82) is 0 Å². The van der Waals surface area contributed by atoms with Gasteiger partial charge < -0.3 is 9.47 Å². The van der Waals surface area contributed by atoms with Crippen LogP contribution in [0.3, 0.4) is 0 Å². The van der Waals surface area contributed by atoms with Crippen molar-refractivity contribution in [3.63, 3.8) is 0 Å². The van der Waals surface area contributed by atoms with Crippen LogP contribution in [0, 0.1) is 5.82 Å². The fraction of sp³-hybridized carbons (Fsp3) is 0.0571. The highest BCUT2D eigenvalue weighted by molar-refractivity contribution is 5.72. The van der Waals surface area contributed by atoms with E-state index in [1.165, 1.54) is 12.1 Å². The maximum absolute atomic E-state index is 13.8. The molecule has 4 nitrogen and oxygen atoms in total. The van der Waals surface area contributed by atoms with Crippen LogP contribution in [0.4, 0.5) is 4.39 Å². The van der Waals surface area contributed by atoms with Crippen molar-refractivity contribution in [2.24, 2.45) is 0 Å². The Morgan fingerprint density at radius 3 is 1.75 bits per heavy atom. The van der Waals surface area contributed by atoms with E-state index in [0.717, 1.165) is 39.3 Å². The maximum Gasteiger partial charge on any atom is 0.162 e. The second-order valence-electron chi connectivity index (χ2n) is 9.38. The van der Waals surface area contributed by atoms with Gasteiger partial charge in [0.2, 0.25) is 0 Å². The van der Waals surface area contributed by atoms with E-state index in [1.807, 2.05) is 120 Å². The van der Waals surface area contributed by atoms with Crippen LogP contribution in [0.5, 0.6) is 11.5 Å². The molecule has 0 spiro atoms. The van der Waals surface area contributed by atoms with Gasteiger partial charge in [-0.3, -0.25) is 0 Å². The lowest BCUT2D eigenvalue weighted by atomic mass is 10.1. The predicted octanol–water partition coefficient (Wildman–Crippen LogP) is 8.50. The number of nitrogens with zero attached hydrogens (tertiary/aromatic N) is 2.